The molecule has 10 atom stereocenters. The molecule has 25 heteroatoms. The zero-order chi connectivity index (χ0) is 72.9. The van der Waals surface area contributed by atoms with Gasteiger partial charge in [-0.1, -0.05) is 132 Å². The lowest BCUT2D eigenvalue weighted by atomic mass is 9.67. The molecule has 1 fully saturated rings. The van der Waals surface area contributed by atoms with Crippen molar-refractivity contribution in [3.63, 3.8) is 0 Å². The maximum absolute atomic E-state index is 14.6. The SMILES string of the molecule is CC(=O)[C@@H](NC(=O)C(CC(=O)O)CC(=O)[C@H](Cc1ccccc1)NC(=O)C(C)CC(=O)CN1C(=O)C2=CC=c3c4c(c5ccc6c7c(ccc3c57)C(=O)N(CC(=O)NC(C)C(=O)C[C@@H](Cc3ccccc3)C(=O)N[C@@H](CC(=O)O)C(=O)C[C@H](C(=O)O)C(C)C)C6=O)C=CC(C1=O)C24)C(C)C. The van der Waals surface area contributed by atoms with Crippen molar-refractivity contribution in [2.45, 2.75) is 130 Å². The van der Waals surface area contributed by atoms with Crippen LogP contribution in [-0.4, -0.2) is 156 Å². The summed E-state index contributed by atoms with van der Waals surface area (Å²) in [6.45, 7) is 9.08. The monoisotopic (exact) mass is 1370 g/mol. The maximum atomic E-state index is 14.6. The van der Waals surface area contributed by atoms with Gasteiger partial charge in [-0.3, -0.25) is 86.5 Å². The topological polar surface area (TPSA) is 388 Å². The first-order valence-electron chi connectivity index (χ1n) is 33.1. The Morgan fingerprint density at radius 3 is 1.67 bits per heavy atom. The van der Waals surface area contributed by atoms with Crippen LogP contribution in [0.2, 0.25) is 0 Å². The Balaban J connectivity index is 0.879. The summed E-state index contributed by atoms with van der Waals surface area (Å²) in [5.41, 5.74) is 2.79. The molecule has 4 aliphatic rings. The number of carbonyl (C=O) groups excluding carboxylic acids is 13. The van der Waals surface area contributed by atoms with E-state index in [2.05, 4.69) is 21.3 Å². The van der Waals surface area contributed by atoms with Crippen LogP contribution in [0.25, 0.3) is 33.7 Å². The number of carbonyl (C=O) groups is 16. The second-order valence-electron chi connectivity index (χ2n) is 27.0. The van der Waals surface area contributed by atoms with E-state index in [9.17, 15) is 92.0 Å². The number of amides is 8. The number of rotatable bonds is 34. The average molecular weight is 1370 g/mol. The van der Waals surface area contributed by atoms with Gasteiger partial charge in [-0.2, -0.15) is 0 Å². The minimum absolute atomic E-state index is 0.0606. The fraction of sp³-hybridized carbons (Fsp3) is 0.387. The number of benzene rings is 5. The Morgan fingerprint density at radius 1 is 0.520 bits per heavy atom. The quantitative estimate of drug-likeness (QED) is 0.0271. The highest BCUT2D eigenvalue weighted by Gasteiger charge is 2.49. The molecular formula is C75H78N6O19. The molecule has 522 valence electrons. The number of nitrogens with one attached hydrogen (secondary N) is 4. The highest BCUT2D eigenvalue weighted by atomic mass is 16.4. The molecule has 25 nitrogen and oxygen atoms in total. The number of hydrogen-bond donors (Lipinski definition) is 7. The summed E-state index contributed by atoms with van der Waals surface area (Å²) >= 11 is 0. The predicted molar refractivity (Wildman–Crippen MR) is 361 cm³/mol. The first-order chi connectivity index (χ1) is 47.3. The number of ketones is 5. The van der Waals surface area contributed by atoms with Gasteiger partial charge in [0.25, 0.3) is 17.7 Å². The Bertz CT molecular complexity index is 4360. The molecule has 0 aromatic heterocycles. The standard InChI is InChI=1S/C75H78N6O19/c1-36(2)54(75(99)100)32-59(86)56(33-62(90)91)78-69(93)43(27-41-14-10-8-11-15-41)29-57(84)39(6)76-60(87)35-81-73(97)52-24-20-48-46-18-22-50-65-51(23-19-47(63(46)65)49-21-25-53(74(81)98)66(52)64(48)49)72(96)80(71(50)95)34-45(83)26-38(5)68(92)77-55(28-42-16-12-9-13-17-42)58(85)30-44(31-61(88)89)70(94)79-67(37(3)4)40(7)82/h8-25,36-39,43-44,50,54-56,65,67H,26-35H2,1-7H3,(H,76,87)(H,77,92)(H,78,93)(H,79,94)(H,88,89)(H,90,91)(H,99,100)/t38?,39?,43-,44?,50?,54+,55+,56+,65?,67+/m1/s1. The lowest BCUT2D eigenvalue weighted by Crippen LogP contribution is -2.53. The number of hydrogen-bond acceptors (Lipinski definition) is 16. The van der Waals surface area contributed by atoms with Gasteiger partial charge in [-0.05, 0) is 94.3 Å². The summed E-state index contributed by atoms with van der Waals surface area (Å²) in [6, 6.07) is 18.3. The molecule has 2 aliphatic heterocycles. The van der Waals surface area contributed by atoms with Crippen molar-refractivity contribution in [1.29, 1.82) is 0 Å². The third-order valence-corrected chi connectivity index (χ3v) is 19.1. The molecule has 1 saturated heterocycles. The Kier molecular flexibility index (Phi) is 22.6. The van der Waals surface area contributed by atoms with Crippen LogP contribution in [0.1, 0.15) is 136 Å². The van der Waals surface area contributed by atoms with Crippen molar-refractivity contribution in [3.05, 3.63) is 141 Å². The Morgan fingerprint density at radius 2 is 1.09 bits per heavy atom. The molecule has 2 aliphatic carbocycles. The number of carboxylic acids is 3. The summed E-state index contributed by atoms with van der Waals surface area (Å²) in [6.07, 6.45) is 2.68. The Hall–Kier alpha value is -11.0. The molecule has 9 rings (SSSR count). The molecule has 7 N–H and O–H groups in total. The number of carboxylic acid groups (broad SMARTS) is 3. The lowest BCUT2D eigenvalue weighted by molar-refractivity contribution is -0.150. The highest BCUT2D eigenvalue weighted by Crippen LogP contribution is 2.48. The van der Waals surface area contributed by atoms with E-state index >= 15 is 0 Å². The van der Waals surface area contributed by atoms with Crippen LogP contribution in [0, 0.1) is 41.4 Å². The van der Waals surface area contributed by atoms with E-state index in [0.717, 1.165) is 9.80 Å². The van der Waals surface area contributed by atoms with Gasteiger partial charge in [0.05, 0.1) is 61.3 Å². The zero-order valence-electron chi connectivity index (χ0n) is 56.2. The number of Topliss-reactive ketones (excluding diaryl/α,β-unsaturated/α-hetero) is 5. The highest BCUT2D eigenvalue weighted by molar-refractivity contribution is 6.32. The maximum Gasteiger partial charge on any atom is 0.307 e. The molecule has 2 heterocycles. The smallest absolute Gasteiger partial charge is 0.307 e. The van der Waals surface area contributed by atoms with E-state index in [1.807, 2.05) is 0 Å². The minimum atomic E-state index is -1.63. The number of fused-ring (bicyclic) bond motifs is 2. The van der Waals surface area contributed by atoms with Gasteiger partial charge in [-0.25, -0.2) is 0 Å². The summed E-state index contributed by atoms with van der Waals surface area (Å²) in [5.74, 6) is -21.3. The van der Waals surface area contributed by atoms with Gasteiger partial charge >= 0.3 is 17.9 Å². The number of imide groups is 2. The summed E-state index contributed by atoms with van der Waals surface area (Å²) in [4.78, 5) is 218. The largest absolute Gasteiger partial charge is 0.481 e. The van der Waals surface area contributed by atoms with Crippen molar-refractivity contribution in [1.82, 2.24) is 31.1 Å². The molecule has 0 spiro atoms. The number of likely N-dealkylation sites (tertiary alicyclic amines) is 1. The van der Waals surface area contributed by atoms with Gasteiger partial charge in [0.2, 0.25) is 29.5 Å². The van der Waals surface area contributed by atoms with Crippen LogP contribution in [0.3, 0.4) is 0 Å². The number of allylic oxidation sites excluding steroid dienone is 1. The van der Waals surface area contributed by atoms with Crippen molar-refractivity contribution >= 4 is 128 Å². The van der Waals surface area contributed by atoms with Crippen molar-refractivity contribution in [3.8, 4) is 0 Å². The minimum Gasteiger partial charge on any atom is -0.481 e. The van der Waals surface area contributed by atoms with Crippen LogP contribution in [0.15, 0.2) is 103 Å². The second kappa shape index (κ2) is 30.8. The third kappa shape index (κ3) is 15.9. The molecule has 0 saturated carbocycles. The normalized spacial score (nSPS) is 17.6. The number of nitrogens with zero attached hydrogens (tertiary/aromatic N) is 2. The second-order valence-corrected chi connectivity index (χ2v) is 27.0. The van der Waals surface area contributed by atoms with E-state index < -0.39 is 206 Å². The summed E-state index contributed by atoms with van der Waals surface area (Å²) < 4.78 is 0. The van der Waals surface area contributed by atoms with E-state index in [0.29, 0.717) is 43.6 Å². The lowest BCUT2D eigenvalue weighted by Gasteiger charge is -2.41. The molecule has 5 unspecified atom stereocenters. The van der Waals surface area contributed by atoms with Crippen molar-refractivity contribution in [2.24, 2.45) is 41.4 Å². The van der Waals surface area contributed by atoms with Crippen LogP contribution in [-0.2, 0) is 80.0 Å². The molecule has 100 heavy (non-hydrogen) atoms. The van der Waals surface area contributed by atoms with Crippen LogP contribution in [0.4, 0.5) is 0 Å². The number of aliphatic carboxylic acids is 3. The Labute approximate surface area is 574 Å². The zero-order valence-corrected chi connectivity index (χ0v) is 56.2. The van der Waals surface area contributed by atoms with Gasteiger partial charge in [0.1, 0.15) is 6.54 Å². The predicted octanol–water partition coefficient (Wildman–Crippen LogP) is 4.82. The van der Waals surface area contributed by atoms with Crippen molar-refractivity contribution in [2.75, 3.05) is 13.1 Å². The van der Waals surface area contributed by atoms with Gasteiger partial charge in [0.15, 0.2) is 28.9 Å². The fourth-order valence-electron chi connectivity index (χ4n) is 13.8. The van der Waals surface area contributed by atoms with Gasteiger partial charge in [0, 0.05) is 65.5 Å². The van der Waals surface area contributed by atoms with Gasteiger partial charge < -0.3 is 36.6 Å². The first kappa shape index (κ1) is 73.3. The molecule has 0 radical (unpaired) electrons. The molecule has 8 amide bonds. The molecule has 5 aromatic rings. The summed E-state index contributed by atoms with van der Waals surface area (Å²) in [7, 11) is 0. The first-order valence-corrected chi connectivity index (χ1v) is 33.1. The average Bonchev–Trinajstić information content (AvgIpc) is 0.715. The van der Waals surface area contributed by atoms with E-state index in [4.69, 9.17) is 0 Å². The number of piperidine rings is 1. The van der Waals surface area contributed by atoms with Crippen LogP contribution >= 0.6 is 0 Å². The third-order valence-electron chi connectivity index (χ3n) is 19.1. The fourth-order valence-corrected chi connectivity index (χ4v) is 13.8. The van der Waals surface area contributed by atoms with E-state index in [-0.39, 0.29) is 46.6 Å². The summed E-state index contributed by atoms with van der Waals surface area (Å²) in [5, 5.41) is 41.9. The van der Waals surface area contributed by atoms with Crippen LogP contribution < -0.4 is 26.5 Å². The molecule has 0 bridgehead atoms. The van der Waals surface area contributed by atoms with Gasteiger partial charge in [-0.15, -0.1) is 0 Å². The van der Waals surface area contributed by atoms with Crippen molar-refractivity contribution < 1.29 is 92.0 Å². The molecule has 5 aromatic carbocycles. The van der Waals surface area contributed by atoms with E-state index in [1.54, 1.807) is 125 Å². The van der Waals surface area contributed by atoms with E-state index in [1.165, 1.54) is 32.9 Å². The molecular weight excluding hydrogens is 1290 g/mol. The van der Waals surface area contributed by atoms with Crippen LogP contribution in [0.5, 0.6) is 0 Å².